The van der Waals surface area contributed by atoms with E-state index in [1.54, 1.807) is 13.1 Å². The Kier molecular flexibility index (Phi) is 7.57. The monoisotopic (exact) mass is 303 g/mol. The largest absolute Gasteiger partial charge is 0.493 e. The minimum Gasteiger partial charge on any atom is -0.493 e. The molecule has 0 saturated heterocycles. The van der Waals surface area contributed by atoms with E-state index in [9.17, 15) is 13.2 Å². The fourth-order valence-electron chi connectivity index (χ4n) is 2.13. The third-order valence-electron chi connectivity index (χ3n) is 3.24. The molecule has 120 valence electrons. The Balaban J connectivity index is 2.63. The molecule has 0 saturated carbocycles. The number of unbranched alkanes of at least 4 members (excludes halogenated alkanes) is 4. The molecule has 0 bridgehead atoms. The lowest BCUT2D eigenvalue weighted by atomic mass is 10.1. The maximum Gasteiger partial charge on any atom is 0.419 e. The van der Waals surface area contributed by atoms with Gasteiger partial charge < -0.3 is 10.1 Å². The van der Waals surface area contributed by atoms with Crippen molar-refractivity contribution < 1.29 is 17.9 Å². The molecule has 0 atom stereocenters. The molecule has 21 heavy (non-hydrogen) atoms. The van der Waals surface area contributed by atoms with Crippen LogP contribution < -0.4 is 10.1 Å². The van der Waals surface area contributed by atoms with Gasteiger partial charge in [0, 0.05) is 6.54 Å². The average Bonchev–Trinajstić information content (AvgIpc) is 2.43. The first-order chi connectivity index (χ1) is 9.99. The van der Waals surface area contributed by atoms with Crippen LogP contribution >= 0.6 is 0 Å². The van der Waals surface area contributed by atoms with Crippen LogP contribution in [0.2, 0.25) is 0 Å². The molecule has 0 unspecified atom stereocenters. The molecule has 2 nitrogen and oxygen atoms in total. The van der Waals surface area contributed by atoms with Crippen molar-refractivity contribution in [3.63, 3.8) is 0 Å². The summed E-state index contributed by atoms with van der Waals surface area (Å²) in [4.78, 5) is 0. The maximum absolute atomic E-state index is 13.0. The third-order valence-corrected chi connectivity index (χ3v) is 3.24. The van der Waals surface area contributed by atoms with Gasteiger partial charge in [-0.1, -0.05) is 38.7 Å². The second-order valence-electron chi connectivity index (χ2n) is 5.12. The topological polar surface area (TPSA) is 21.3 Å². The molecule has 1 aromatic rings. The summed E-state index contributed by atoms with van der Waals surface area (Å²) < 4.78 is 44.5. The molecule has 0 radical (unpaired) electrons. The molecule has 0 aliphatic carbocycles. The van der Waals surface area contributed by atoms with E-state index in [-0.39, 0.29) is 5.75 Å². The van der Waals surface area contributed by atoms with Crippen LogP contribution in [0.4, 0.5) is 13.2 Å². The number of ether oxygens (including phenoxy) is 1. The van der Waals surface area contributed by atoms with Gasteiger partial charge in [0.25, 0.3) is 0 Å². The molecule has 0 aromatic heterocycles. The lowest BCUT2D eigenvalue weighted by Gasteiger charge is -2.15. The Morgan fingerprint density at radius 1 is 1.10 bits per heavy atom. The standard InChI is InChI=1S/C16H24F3NO/c1-3-4-5-6-7-10-21-15-9-8-13(12-20-2)11-14(15)16(17,18)19/h8-9,11,20H,3-7,10,12H2,1-2H3. The lowest BCUT2D eigenvalue weighted by molar-refractivity contribution is -0.139. The first-order valence-corrected chi connectivity index (χ1v) is 7.46. The number of nitrogens with one attached hydrogen (secondary N) is 1. The van der Waals surface area contributed by atoms with Gasteiger partial charge in [-0.2, -0.15) is 13.2 Å². The highest BCUT2D eigenvalue weighted by Gasteiger charge is 2.34. The Morgan fingerprint density at radius 2 is 1.81 bits per heavy atom. The van der Waals surface area contributed by atoms with Crippen LogP contribution in [0.1, 0.15) is 50.2 Å². The van der Waals surface area contributed by atoms with Crippen LogP contribution in [0.5, 0.6) is 5.75 Å². The first-order valence-electron chi connectivity index (χ1n) is 7.46. The summed E-state index contributed by atoms with van der Waals surface area (Å²) in [6, 6.07) is 4.24. The van der Waals surface area contributed by atoms with Gasteiger partial charge in [0.15, 0.2) is 0 Å². The van der Waals surface area contributed by atoms with Crippen LogP contribution in [-0.2, 0) is 12.7 Å². The lowest BCUT2D eigenvalue weighted by Crippen LogP contribution is -2.12. The van der Waals surface area contributed by atoms with Crippen molar-refractivity contribution >= 4 is 0 Å². The highest BCUT2D eigenvalue weighted by molar-refractivity contribution is 5.39. The summed E-state index contributed by atoms with van der Waals surface area (Å²) in [6.07, 6.45) is 0.801. The van der Waals surface area contributed by atoms with Crippen LogP contribution in [-0.4, -0.2) is 13.7 Å². The van der Waals surface area contributed by atoms with Gasteiger partial charge in [0.1, 0.15) is 5.75 Å². The van der Waals surface area contributed by atoms with Crippen LogP contribution in [0.15, 0.2) is 18.2 Å². The van der Waals surface area contributed by atoms with Crippen molar-refractivity contribution in [1.82, 2.24) is 5.32 Å². The van der Waals surface area contributed by atoms with Gasteiger partial charge in [-0.05, 0) is 31.2 Å². The summed E-state index contributed by atoms with van der Waals surface area (Å²) in [5.74, 6) is -0.0714. The Morgan fingerprint density at radius 3 is 2.43 bits per heavy atom. The van der Waals surface area contributed by atoms with E-state index in [1.165, 1.54) is 6.07 Å². The molecule has 1 aromatic carbocycles. The van der Waals surface area contributed by atoms with Crippen molar-refractivity contribution in [2.45, 2.75) is 51.7 Å². The molecule has 0 spiro atoms. The fourth-order valence-corrected chi connectivity index (χ4v) is 2.13. The van der Waals surface area contributed by atoms with Gasteiger partial charge in [0.05, 0.1) is 12.2 Å². The minimum atomic E-state index is -4.39. The zero-order valence-electron chi connectivity index (χ0n) is 12.7. The molecule has 0 heterocycles. The Labute approximate surface area is 124 Å². The maximum atomic E-state index is 13.0. The predicted molar refractivity (Wildman–Crippen MR) is 78.5 cm³/mol. The summed E-state index contributed by atoms with van der Waals surface area (Å²) in [5, 5.41) is 2.85. The average molecular weight is 303 g/mol. The predicted octanol–water partition coefficient (Wildman–Crippen LogP) is 4.77. The van der Waals surface area contributed by atoms with E-state index in [1.807, 2.05) is 0 Å². The first kappa shape index (κ1) is 17.8. The summed E-state index contributed by atoms with van der Waals surface area (Å²) >= 11 is 0. The normalized spacial score (nSPS) is 11.7. The molecule has 1 N–H and O–H groups in total. The van der Waals surface area contributed by atoms with Crippen molar-refractivity contribution in [2.75, 3.05) is 13.7 Å². The van der Waals surface area contributed by atoms with Crippen LogP contribution in [0.25, 0.3) is 0 Å². The number of rotatable bonds is 9. The Hall–Kier alpha value is -1.23. The molecular weight excluding hydrogens is 279 g/mol. The quantitative estimate of drug-likeness (QED) is 0.663. The van der Waals surface area contributed by atoms with Crippen molar-refractivity contribution in [1.29, 1.82) is 0 Å². The van der Waals surface area contributed by atoms with E-state index < -0.39 is 11.7 Å². The zero-order valence-corrected chi connectivity index (χ0v) is 12.7. The van der Waals surface area contributed by atoms with E-state index in [2.05, 4.69) is 12.2 Å². The summed E-state index contributed by atoms with van der Waals surface area (Å²) in [5.41, 5.74) is -0.0936. The smallest absolute Gasteiger partial charge is 0.419 e. The summed E-state index contributed by atoms with van der Waals surface area (Å²) in [6.45, 7) is 2.86. The number of hydrogen-bond acceptors (Lipinski definition) is 2. The number of benzene rings is 1. The Bertz CT molecular complexity index is 418. The van der Waals surface area contributed by atoms with Crippen LogP contribution in [0.3, 0.4) is 0 Å². The van der Waals surface area contributed by atoms with Crippen molar-refractivity contribution in [3.05, 3.63) is 29.3 Å². The molecule has 0 fully saturated rings. The third kappa shape index (κ3) is 6.38. The zero-order chi connectivity index (χ0) is 15.7. The van der Waals surface area contributed by atoms with Crippen molar-refractivity contribution in [3.8, 4) is 5.75 Å². The van der Waals surface area contributed by atoms with E-state index in [0.29, 0.717) is 18.7 Å². The van der Waals surface area contributed by atoms with Gasteiger partial charge in [-0.15, -0.1) is 0 Å². The summed E-state index contributed by atoms with van der Waals surface area (Å²) in [7, 11) is 1.70. The molecule has 5 heteroatoms. The molecule has 0 aliphatic rings. The fraction of sp³-hybridized carbons (Fsp3) is 0.625. The number of hydrogen-bond donors (Lipinski definition) is 1. The number of alkyl halides is 3. The van der Waals surface area contributed by atoms with E-state index in [0.717, 1.165) is 38.2 Å². The van der Waals surface area contributed by atoms with Gasteiger partial charge >= 0.3 is 6.18 Å². The molecular formula is C16H24F3NO. The van der Waals surface area contributed by atoms with E-state index >= 15 is 0 Å². The highest BCUT2D eigenvalue weighted by atomic mass is 19.4. The molecule has 0 amide bonds. The minimum absolute atomic E-state index is 0.0714. The molecule has 0 aliphatic heterocycles. The van der Waals surface area contributed by atoms with E-state index in [4.69, 9.17) is 4.74 Å². The number of halogens is 3. The van der Waals surface area contributed by atoms with Gasteiger partial charge in [-0.3, -0.25) is 0 Å². The highest BCUT2D eigenvalue weighted by Crippen LogP contribution is 2.37. The second-order valence-corrected chi connectivity index (χ2v) is 5.12. The van der Waals surface area contributed by atoms with Crippen molar-refractivity contribution in [2.24, 2.45) is 0 Å². The van der Waals surface area contributed by atoms with Gasteiger partial charge in [0.2, 0.25) is 0 Å². The molecule has 1 rings (SSSR count). The second kappa shape index (κ2) is 8.93. The SMILES string of the molecule is CCCCCCCOc1ccc(CNC)cc1C(F)(F)F. The van der Waals surface area contributed by atoms with Crippen LogP contribution in [0, 0.1) is 0 Å². The van der Waals surface area contributed by atoms with Gasteiger partial charge in [-0.25, -0.2) is 0 Å².